The maximum absolute atomic E-state index is 13.0. The van der Waals surface area contributed by atoms with E-state index in [9.17, 15) is 23.1 Å². The first-order valence-corrected chi connectivity index (χ1v) is 17.1. The predicted octanol–water partition coefficient (Wildman–Crippen LogP) is 6.95. The van der Waals surface area contributed by atoms with Gasteiger partial charge in [-0.1, -0.05) is 56.1 Å². The number of rotatable bonds is 13. The lowest BCUT2D eigenvalue weighted by Gasteiger charge is -2.17. The molecule has 0 aliphatic heterocycles. The first kappa shape index (κ1) is 34.2. The number of halogens is 2. The minimum absolute atomic E-state index is 0.0412. The summed E-state index contributed by atoms with van der Waals surface area (Å²) in [7, 11) is -3.45. The van der Waals surface area contributed by atoms with Crippen LogP contribution in [0.4, 0.5) is 0 Å². The van der Waals surface area contributed by atoms with Crippen molar-refractivity contribution in [3.63, 3.8) is 0 Å². The molecule has 0 aliphatic carbocycles. The highest BCUT2D eigenvalue weighted by atomic mass is 35.5. The first-order chi connectivity index (χ1) is 21.2. The molecule has 9 nitrogen and oxygen atoms in total. The monoisotopic (exact) mass is 690 g/mol. The molecule has 3 aromatic carbocycles. The Morgan fingerprint density at radius 2 is 1.71 bits per heavy atom. The Kier molecular flexibility index (Phi) is 11.1. The summed E-state index contributed by atoms with van der Waals surface area (Å²) in [4.78, 5) is 29.7. The van der Waals surface area contributed by atoms with Crippen molar-refractivity contribution in [1.29, 1.82) is 0 Å². The van der Waals surface area contributed by atoms with Gasteiger partial charge in [-0.2, -0.15) is 0 Å². The van der Waals surface area contributed by atoms with Crippen LogP contribution in [0.1, 0.15) is 53.8 Å². The number of aromatic nitrogens is 1. The molecule has 1 heterocycles. The number of carbonyl (C=O) groups excluding carboxylic acids is 1. The second kappa shape index (κ2) is 14.6. The van der Waals surface area contributed by atoms with Gasteiger partial charge in [-0.05, 0) is 73.0 Å². The number of hydrogen-bond acceptors (Lipinski definition) is 8. The molecule has 0 saturated carbocycles. The van der Waals surface area contributed by atoms with Crippen molar-refractivity contribution in [1.82, 2.24) is 10.3 Å². The zero-order valence-corrected chi connectivity index (χ0v) is 27.9. The van der Waals surface area contributed by atoms with E-state index in [0.717, 1.165) is 16.3 Å². The van der Waals surface area contributed by atoms with E-state index in [1.807, 2.05) is 5.38 Å². The number of carboxylic acid groups (broad SMARTS) is 1. The van der Waals surface area contributed by atoms with Gasteiger partial charge in [0.1, 0.15) is 23.1 Å². The fraction of sp³-hybridized carbons (Fsp3) is 0.281. The van der Waals surface area contributed by atoms with Crippen LogP contribution in [0.5, 0.6) is 11.5 Å². The molecule has 4 aromatic rings. The molecule has 238 valence electrons. The topological polar surface area (TPSA) is 132 Å². The van der Waals surface area contributed by atoms with Crippen LogP contribution in [-0.2, 0) is 33.1 Å². The second-order valence-corrected chi connectivity index (χ2v) is 15.0. The number of hydrogen-bond donors (Lipinski definition) is 2. The van der Waals surface area contributed by atoms with Crippen molar-refractivity contribution >= 4 is 56.3 Å². The molecule has 0 fully saturated rings. The molecule has 13 heteroatoms. The Bertz CT molecular complexity index is 1750. The number of carbonyl (C=O) groups is 2. The number of sulfone groups is 1. The van der Waals surface area contributed by atoms with E-state index in [-0.39, 0.29) is 44.8 Å². The molecule has 1 atom stereocenters. The Morgan fingerprint density at radius 3 is 2.33 bits per heavy atom. The second-order valence-electron chi connectivity index (χ2n) is 11.1. The van der Waals surface area contributed by atoms with Gasteiger partial charge >= 0.3 is 5.97 Å². The average molecular weight is 692 g/mol. The summed E-state index contributed by atoms with van der Waals surface area (Å²) in [6.45, 7) is 6.36. The smallest absolute Gasteiger partial charge is 0.366 e. The van der Waals surface area contributed by atoms with E-state index in [0.29, 0.717) is 17.9 Å². The van der Waals surface area contributed by atoms with Gasteiger partial charge in [0.05, 0.1) is 21.4 Å². The van der Waals surface area contributed by atoms with Crippen LogP contribution in [-0.4, -0.2) is 42.4 Å². The Labute approximate surface area is 276 Å². The highest BCUT2D eigenvalue weighted by Gasteiger charge is 2.24. The maximum atomic E-state index is 13.0. The average Bonchev–Trinajstić information content (AvgIpc) is 3.47. The van der Waals surface area contributed by atoms with Crippen LogP contribution in [0.2, 0.25) is 10.0 Å². The molecular weight excluding hydrogens is 659 g/mol. The van der Waals surface area contributed by atoms with Crippen molar-refractivity contribution in [3.8, 4) is 11.5 Å². The lowest BCUT2D eigenvalue weighted by molar-refractivity contribution is -0.146. The minimum atomic E-state index is -3.45. The largest absolute Gasteiger partial charge is 0.485 e. The predicted molar refractivity (Wildman–Crippen MR) is 174 cm³/mol. The van der Waals surface area contributed by atoms with E-state index < -0.39 is 27.9 Å². The summed E-state index contributed by atoms with van der Waals surface area (Å²) >= 11 is 13.6. The minimum Gasteiger partial charge on any atom is -0.485 e. The van der Waals surface area contributed by atoms with Crippen LogP contribution in [0.25, 0.3) is 0 Å². The lowest BCUT2D eigenvalue weighted by atomic mass is 9.93. The molecule has 45 heavy (non-hydrogen) atoms. The van der Waals surface area contributed by atoms with E-state index in [4.69, 9.17) is 32.7 Å². The fourth-order valence-electron chi connectivity index (χ4n) is 4.06. The molecule has 2 N–H and O–H groups in total. The van der Waals surface area contributed by atoms with Crippen LogP contribution < -0.4 is 14.8 Å². The molecular formula is C32H32Cl2N2O7S2. The number of benzene rings is 3. The van der Waals surface area contributed by atoms with Crippen LogP contribution in [0.3, 0.4) is 0 Å². The molecule has 1 aromatic heterocycles. The standard InChI is InChI=1S/C32H32Cl2N2O7S2/c1-32(2,3)27-19-44-28(35-27)18-42-26-17-21(8-15-25(26)34)29(37)36-30(31(38)39)43-23-11-6-20(7-12-23)5-4-16-45(40,41)24-13-9-22(33)10-14-24/h6-15,17,19,30H,4-5,16,18H2,1-3H3,(H,36,37)(H,38,39). The van der Waals surface area contributed by atoms with E-state index in [1.54, 1.807) is 24.3 Å². The van der Waals surface area contributed by atoms with E-state index in [2.05, 4.69) is 31.1 Å². The molecule has 4 rings (SSSR count). The van der Waals surface area contributed by atoms with Gasteiger partial charge < -0.3 is 19.9 Å². The number of nitrogens with zero attached hydrogens (tertiary/aromatic N) is 1. The summed E-state index contributed by atoms with van der Waals surface area (Å²) in [6.07, 6.45) is -0.819. The van der Waals surface area contributed by atoms with Crippen molar-refractivity contribution in [2.75, 3.05) is 5.75 Å². The molecule has 0 aliphatic rings. The highest BCUT2D eigenvalue weighted by molar-refractivity contribution is 7.91. The fourth-order valence-corrected chi connectivity index (χ4v) is 6.60. The van der Waals surface area contributed by atoms with E-state index >= 15 is 0 Å². The van der Waals surface area contributed by atoms with Gasteiger partial charge in [-0.3, -0.25) is 4.79 Å². The number of carboxylic acids is 1. The Morgan fingerprint density at radius 1 is 1.02 bits per heavy atom. The quantitative estimate of drug-likeness (QED) is 0.144. The van der Waals surface area contributed by atoms with Crippen LogP contribution in [0.15, 0.2) is 77.0 Å². The van der Waals surface area contributed by atoms with Gasteiger partial charge in [0, 0.05) is 21.4 Å². The third-order valence-corrected chi connectivity index (χ3v) is 9.78. The number of aryl methyl sites for hydroxylation is 1. The van der Waals surface area contributed by atoms with Crippen LogP contribution >= 0.6 is 34.5 Å². The number of aliphatic carboxylic acids is 1. The van der Waals surface area contributed by atoms with Crippen LogP contribution in [0, 0.1) is 0 Å². The zero-order chi connectivity index (χ0) is 32.8. The Hall–Kier alpha value is -3.64. The number of thiazole rings is 1. The highest BCUT2D eigenvalue weighted by Crippen LogP contribution is 2.29. The molecule has 0 saturated heterocycles. The molecule has 0 bridgehead atoms. The summed E-state index contributed by atoms with van der Waals surface area (Å²) in [5, 5.41) is 15.5. The first-order valence-electron chi connectivity index (χ1n) is 13.9. The van der Waals surface area contributed by atoms with Crippen molar-refractivity contribution < 1.29 is 32.6 Å². The molecule has 1 unspecified atom stereocenters. The number of amides is 1. The molecule has 0 radical (unpaired) electrons. The maximum Gasteiger partial charge on any atom is 0.366 e. The summed E-state index contributed by atoms with van der Waals surface area (Å²) < 4.78 is 36.5. The normalized spacial score (nSPS) is 12.4. The SMILES string of the molecule is CC(C)(C)c1csc(COc2cc(C(=O)NC(Oc3ccc(CCCS(=O)(=O)c4ccc(Cl)cc4)cc3)C(=O)O)ccc2Cl)n1. The third-order valence-electron chi connectivity index (χ3n) is 6.58. The van der Waals surface area contributed by atoms with Crippen molar-refractivity contribution in [2.45, 2.75) is 56.8 Å². The van der Waals surface area contributed by atoms with Gasteiger partial charge in [-0.15, -0.1) is 11.3 Å². The Balaban J connectivity index is 1.32. The van der Waals surface area contributed by atoms with Crippen molar-refractivity contribution in [3.05, 3.63) is 104 Å². The number of ether oxygens (including phenoxy) is 2. The molecule has 0 spiro atoms. The van der Waals surface area contributed by atoms with Gasteiger partial charge in [0.25, 0.3) is 12.1 Å². The number of nitrogens with one attached hydrogen (secondary N) is 1. The summed E-state index contributed by atoms with van der Waals surface area (Å²) in [6, 6.07) is 16.9. The van der Waals surface area contributed by atoms with Gasteiger partial charge in [-0.25, -0.2) is 18.2 Å². The van der Waals surface area contributed by atoms with Gasteiger partial charge in [0.15, 0.2) is 9.84 Å². The lowest BCUT2D eigenvalue weighted by Crippen LogP contribution is -2.44. The summed E-state index contributed by atoms with van der Waals surface area (Å²) in [5.41, 5.74) is 1.81. The van der Waals surface area contributed by atoms with Gasteiger partial charge in [0.2, 0.25) is 0 Å². The van der Waals surface area contributed by atoms with Crippen molar-refractivity contribution in [2.24, 2.45) is 0 Å². The van der Waals surface area contributed by atoms with E-state index in [1.165, 1.54) is 53.8 Å². The third kappa shape index (κ3) is 9.67. The zero-order valence-electron chi connectivity index (χ0n) is 24.8. The molecule has 1 amide bonds. The summed E-state index contributed by atoms with van der Waals surface area (Å²) in [5.74, 6) is -1.68.